The normalized spacial score (nSPS) is 12.2. The van der Waals surface area contributed by atoms with Gasteiger partial charge in [-0.1, -0.05) is 12.5 Å². The number of rotatable bonds is 8. The van der Waals surface area contributed by atoms with Crippen molar-refractivity contribution in [1.29, 1.82) is 0 Å². The maximum Gasteiger partial charge on any atom is 0.399 e. The Kier molecular flexibility index (Phi) is 12.6. The molecule has 0 aromatic carbocycles. The van der Waals surface area contributed by atoms with E-state index < -0.39 is 16.4 Å². The van der Waals surface area contributed by atoms with E-state index >= 15 is 0 Å². The molecule has 0 atom stereocenters. The molecule has 0 bridgehead atoms. The monoisotopic (exact) mass is 311 g/mol. The molecule has 0 saturated carbocycles. The topological polar surface area (TPSA) is 116 Å². The van der Waals surface area contributed by atoms with Gasteiger partial charge in [0.05, 0.1) is 13.2 Å². The zero-order chi connectivity index (χ0) is 16.2. The van der Waals surface area contributed by atoms with Crippen LogP contribution in [0.25, 0.3) is 0 Å². The molecule has 0 aromatic rings. The first kappa shape index (κ1) is 21.3. The van der Waals surface area contributed by atoms with Crippen molar-refractivity contribution in [3.8, 4) is 0 Å². The fourth-order valence-electron chi connectivity index (χ4n) is 1.33. The van der Waals surface area contributed by atoms with Gasteiger partial charge in [-0.2, -0.15) is 8.42 Å². The van der Waals surface area contributed by atoms with E-state index in [1.807, 2.05) is 13.8 Å². The van der Waals surface area contributed by atoms with Gasteiger partial charge in [0.1, 0.15) is 0 Å². The molecule has 120 valence electrons. The van der Waals surface area contributed by atoms with Gasteiger partial charge in [0.2, 0.25) is 0 Å². The van der Waals surface area contributed by atoms with Crippen molar-refractivity contribution in [1.82, 2.24) is 0 Å². The Balaban J connectivity index is 0. The molecule has 0 amide bonds. The standard InChI is InChI=1S/C8H15NO2.C4H10O4S/c1-3-7(8(10)11)6(2)4-5-9;1-3-7-9(5,6)8-4-2/h3-5,9H2,1-2H3,(H,10,11);3-4H2,1-2H3. The highest BCUT2D eigenvalue weighted by atomic mass is 32.3. The number of carbonyl (C=O) groups is 1. The van der Waals surface area contributed by atoms with E-state index in [-0.39, 0.29) is 13.2 Å². The van der Waals surface area contributed by atoms with Crippen LogP contribution in [0.15, 0.2) is 11.1 Å². The molecule has 0 aromatic heterocycles. The smallest absolute Gasteiger partial charge is 0.399 e. The van der Waals surface area contributed by atoms with Crippen molar-refractivity contribution >= 4 is 16.4 Å². The summed E-state index contributed by atoms with van der Waals surface area (Å²) in [5.41, 5.74) is 6.68. The van der Waals surface area contributed by atoms with Crippen LogP contribution in [0.1, 0.15) is 40.5 Å². The zero-order valence-corrected chi connectivity index (χ0v) is 13.3. The first-order chi connectivity index (χ1) is 9.25. The summed E-state index contributed by atoms with van der Waals surface area (Å²) in [4.78, 5) is 10.5. The van der Waals surface area contributed by atoms with E-state index in [2.05, 4.69) is 8.37 Å². The summed E-state index contributed by atoms with van der Waals surface area (Å²) >= 11 is 0. The molecule has 0 radical (unpaired) electrons. The molecule has 0 aliphatic carbocycles. The van der Waals surface area contributed by atoms with E-state index in [1.165, 1.54) is 0 Å². The Morgan fingerprint density at radius 3 is 1.85 bits per heavy atom. The first-order valence-electron chi connectivity index (χ1n) is 6.41. The van der Waals surface area contributed by atoms with Crippen molar-refractivity contribution in [3.63, 3.8) is 0 Å². The largest absolute Gasteiger partial charge is 0.478 e. The lowest BCUT2D eigenvalue weighted by molar-refractivity contribution is -0.132. The maximum atomic E-state index is 10.5. The van der Waals surface area contributed by atoms with E-state index in [0.717, 1.165) is 5.57 Å². The van der Waals surface area contributed by atoms with E-state index in [1.54, 1.807) is 13.8 Å². The molecule has 7 nitrogen and oxygen atoms in total. The highest BCUT2D eigenvalue weighted by Crippen LogP contribution is 2.10. The molecule has 0 saturated heterocycles. The number of aliphatic carboxylic acids is 1. The Morgan fingerprint density at radius 2 is 1.60 bits per heavy atom. The van der Waals surface area contributed by atoms with Crippen LogP contribution in [0, 0.1) is 0 Å². The fraction of sp³-hybridized carbons (Fsp3) is 0.750. The molecule has 0 aliphatic heterocycles. The lowest BCUT2D eigenvalue weighted by Gasteiger charge is -2.03. The molecule has 8 heteroatoms. The van der Waals surface area contributed by atoms with Crippen molar-refractivity contribution in [2.24, 2.45) is 5.73 Å². The van der Waals surface area contributed by atoms with Crippen LogP contribution < -0.4 is 5.73 Å². The number of nitrogens with two attached hydrogens (primary N) is 1. The van der Waals surface area contributed by atoms with E-state index in [0.29, 0.717) is 25.0 Å². The van der Waals surface area contributed by atoms with Gasteiger partial charge in [0, 0.05) is 5.57 Å². The summed E-state index contributed by atoms with van der Waals surface area (Å²) in [7, 11) is -3.68. The summed E-state index contributed by atoms with van der Waals surface area (Å²) in [5, 5.41) is 8.67. The Hall–Kier alpha value is -0.960. The minimum atomic E-state index is -3.68. The minimum Gasteiger partial charge on any atom is -0.478 e. The third kappa shape index (κ3) is 10.9. The predicted octanol–water partition coefficient (Wildman–Crippen LogP) is 1.45. The average Bonchev–Trinajstić information content (AvgIpc) is 2.30. The molecule has 3 N–H and O–H groups in total. The van der Waals surface area contributed by atoms with Crippen molar-refractivity contribution < 1.29 is 26.7 Å². The van der Waals surface area contributed by atoms with Crippen LogP contribution in [0.5, 0.6) is 0 Å². The van der Waals surface area contributed by atoms with Crippen molar-refractivity contribution in [3.05, 3.63) is 11.1 Å². The molecule has 0 aliphatic rings. The lowest BCUT2D eigenvalue weighted by atomic mass is 10.1. The van der Waals surface area contributed by atoms with Gasteiger partial charge < -0.3 is 10.8 Å². The van der Waals surface area contributed by atoms with Crippen molar-refractivity contribution in [2.45, 2.75) is 40.5 Å². The summed E-state index contributed by atoms with van der Waals surface area (Å²) in [6.07, 6.45) is 1.25. The van der Waals surface area contributed by atoms with Crippen LogP contribution >= 0.6 is 0 Å². The summed E-state index contributed by atoms with van der Waals surface area (Å²) in [6, 6.07) is 0. The Bertz CT molecular complexity index is 390. The number of hydrogen-bond donors (Lipinski definition) is 2. The number of carboxylic acid groups (broad SMARTS) is 1. The molecule has 0 rings (SSSR count). The average molecular weight is 311 g/mol. The van der Waals surface area contributed by atoms with Gasteiger partial charge in [-0.25, -0.2) is 13.2 Å². The van der Waals surface area contributed by atoms with Crippen molar-refractivity contribution in [2.75, 3.05) is 19.8 Å². The Morgan fingerprint density at radius 1 is 1.15 bits per heavy atom. The van der Waals surface area contributed by atoms with Gasteiger partial charge in [0.25, 0.3) is 0 Å². The second-order valence-corrected chi connectivity index (χ2v) is 4.97. The van der Waals surface area contributed by atoms with Gasteiger partial charge in [-0.05, 0) is 40.2 Å². The van der Waals surface area contributed by atoms with Crippen LogP contribution in [0.2, 0.25) is 0 Å². The quantitative estimate of drug-likeness (QED) is 0.652. The van der Waals surface area contributed by atoms with Crippen LogP contribution in [-0.4, -0.2) is 39.3 Å². The highest BCUT2D eigenvalue weighted by Gasteiger charge is 2.07. The predicted molar refractivity (Wildman–Crippen MR) is 76.5 cm³/mol. The minimum absolute atomic E-state index is 0.113. The number of carboxylic acids is 1. The van der Waals surface area contributed by atoms with Crippen LogP contribution in [0.3, 0.4) is 0 Å². The van der Waals surface area contributed by atoms with E-state index in [4.69, 9.17) is 10.8 Å². The summed E-state index contributed by atoms with van der Waals surface area (Å²) < 4.78 is 29.2. The van der Waals surface area contributed by atoms with E-state index in [9.17, 15) is 13.2 Å². The van der Waals surface area contributed by atoms with Crippen LogP contribution in [0.4, 0.5) is 0 Å². The highest BCUT2D eigenvalue weighted by molar-refractivity contribution is 7.81. The summed E-state index contributed by atoms with van der Waals surface area (Å²) in [6.45, 7) is 7.56. The summed E-state index contributed by atoms with van der Waals surface area (Å²) in [5.74, 6) is -0.821. The second kappa shape index (κ2) is 11.8. The number of hydrogen-bond acceptors (Lipinski definition) is 6. The SMILES string of the molecule is CCC(C(=O)O)=C(C)CCN.CCOS(=O)(=O)OCC. The third-order valence-electron chi connectivity index (χ3n) is 2.17. The molecular weight excluding hydrogens is 286 g/mol. The first-order valence-corrected chi connectivity index (χ1v) is 7.74. The molecule has 0 heterocycles. The molecule has 0 unspecified atom stereocenters. The molecule has 20 heavy (non-hydrogen) atoms. The maximum absolute atomic E-state index is 10.5. The Labute approximate surface area is 121 Å². The lowest BCUT2D eigenvalue weighted by Crippen LogP contribution is -2.09. The molecule has 0 fully saturated rings. The van der Waals surface area contributed by atoms with Gasteiger partial charge in [-0.15, -0.1) is 0 Å². The fourth-order valence-corrected chi connectivity index (χ4v) is 1.97. The third-order valence-corrected chi connectivity index (χ3v) is 3.22. The van der Waals surface area contributed by atoms with Crippen LogP contribution in [-0.2, 0) is 23.6 Å². The van der Waals surface area contributed by atoms with Gasteiger partial charge in [0.15, 0.2) is 0 Å². The molecular formula is C12H25NO6S. The zero-order valence-electron chi connectivity index (χ0n) is 12.5. The molecule has 0 spiro atoms. The van der Waals surface area contributed by atoms with Gasteiger partial charge in [-0.3, -0.25) is 0 Å². The van der Waals surface area contributed by atoms with Gasteiger partial charge >= 0.3 is 16.4 Å². The second-order valence-electron chi connectivity index (χ2n) is 3.68.